The highest BCUT2D eigenvalue weighted by atomic mass is 35.5. The van der Waals surface area contributed by atoms with Crippen LogP contribution in [0.3, 0.4) is 0 Å². The number of aromatic nitrogens is 2. The Hall–Kier alpha value is -2.46. The van der Waals surface area contributed by atoms with Crippen LogP contribution in [0.4, 0.5) is 4.39 Å². The molecule has 104 valence electrons. The summed E-state index contributed by atoms with van der Waals surface area (Å²) in [7, 11) is 0. The normalized spacial score (nSPS) is 10.6. The van der Waals surface area contributed by atoms with Crippen LogP contribution < -0.4 is 0 Å². The molecule has 0 spiro atoms. The van der Waals surface area contributed by atoms with E-state index in [-0.39, 0.29) is 5.69 Å². The monoisotopic (exact) mass is 300 g/mol. The van der Waals surface area contributed by atoms with Gasteiger partial charge in [0.25, 0.3) is 0 Å². The molecule has 0 aliphatic heterocycles. The van der Waals surface area contributed by atoms with Gasteiger partial charge in [-0.25, -0.2) is 9.07 Å². The molecule has 0 atom stereocenters. The maximum Gasteiger partial charge on any atom is 0.153 e. The van der Waals surface area contributed by atoms with Crippen molar-refractivity contribution in [1.82, 2.24) is 9.78 Å². The van der Waals surface area contributed by atoms with Crippen molar-refractivity contribution < 1.29 is 9.18 Å². The zero-order valence-electron chi connectivity index (χ0n) is 10.8. The zero-order chi connectivity index (χ0) is 14.8. The van der Waals surface area contributed by atoms with Crippen LogP contribution in [0.5, 0.6) is 0 Å². The SMILES string of the molecule is O=Cc1cn(-c2ccccc2F)nc1-c1cccc(Cl)c1. The molecule has 0 amide bonds. The lowest BCUT2D eigenvalue weighted by atomic mass is 10.1. The van der Waals surface area contributed by atoms with Gasteiger partial charge in [0.05, 0.1) is 5.56 Å². The molecular weight excluding hydrogens is 291 g/mol. The Kier molecular flexibility index (Phi) is 3.54. The van der Waals surface area contributed by atoms with Gasteiger partial charge in [0.15, 0.2) is 6.29 Å². The highest BCUT2D eigenvalue weighted by molar-refractivity contribution is 6.30. The zero-order valence-corrected chi connectivity index (χ0v) is 11.6. The van der Waals surface area contributed by atoms with Gasteiger partial charge in [-0.1, -0.05) is 35.9 Å². The Morgan fingerprint density at radius 1 is 1.14 bits per heavy atom. The van der Waals surface area contributed by atoms with Gasteiger partial charge in [-0.2, -0.15) is 5.10 Å². The second kappa shape index (κ2) is 5.50. The van der Waals surface area contributed by atoms with E-state index in [1.807, 2.05) is 0 Å². The van der Waals surface area contributed by atoms with Crippen molar-refractivity contribution in [2.24, 2.45) is 0 Å². The quantitative estimate of drug-likeness (QED) is 0.681. The average molecular weight is 301 g/mol. The molecule has 0 bridgehead atoms. The highest BCUT2D eigenvalue weighted by Crippen LogP contribution is 2.25. The van der Waals surface area contributed by atoms with Crippen LogP contribution in [-0.2, 0) is 0 Å². The van der Waals surface area contributed by atoms with Gasteiger partial charge in [-0.3, -0.25) is 4.79 Å². The van der Waals surface area contributed by atoms with Crippen molar-refractivity contribution >= 4 is 17.9 Å². The van der Waals surface area contributed by atoms with Crippen molar-refractivity contribution in [1.29, 1.82) is 0 Å². The Balaban J connectivity index is 2.15. The van der Waals surface area contributed by atoms with Crippen molar-refractivity contribution in [3.63, 3.8) is 0 Å². The number of rotatable bonds is 3. The van der Waals surface area contributed by atoms with Gasteiger partial charge in [0, 0.05) is 16.8 Å². The van der Waals surface area contributed by atoms with E-state index in [1.165, 1.54) is 16.9 Å². The largest absolute Gasteiger partial charge is 0.298 e. The third-order valence-corrected chi connectivity index (χ3v) is 3.30. The minimum absolute atomic E-state index is 0.286. The number of hydrogen-bond acceptors (Lipinski definition) is 2. The standard InChI is InChI=1S/C16H10ClFN2O/c17-13-5-3-4-11(8-13)16-12(10-21)9-20(19-16)15-7-2-1-6-14(15)18/h1-10H. The van der Waals surface area contributed by atoms with E-state index in [1.54, 1.807) is 42.5 Å². The van der Waals surface area contributed by atoms with Crippen LogP contribution in [0.15, 0.2) is 54.7 Å². The third kappa shape index (κ3) is 2.58. The maximum atomic E-state index is 13.8. The summed E-state index contributed by atoms with van der Waals surface area (Å²) in [4.78, 5) is 11.2. The molecule has 21 heavy (non-hydrogen) atoms. The molecule has 1 heterocycles. The van der Waals surface area contributed by atoms with Gasteiger partial charge < -0.3 is 0 Å². The topological polar surface area (TPSA) is 34.9 Å². The summed E-state index contributed by atoms with van der Waals surface area (Å²) in [5, 5.41) is 4.86. The van der Waals surface area contributed by atoms with Crippen LogP contribution in [0, 0.1) is 5.82 Å². The first-order valence-electron chi connectivity index (χ1n) is 6.25. The lowest BCUT2D eigenvalue weighted by Gasteiger charge is -2.02. The van der Waals surface area contributed by atoms with Crippen LogP contribution in [0.25, 0.3) is 16.9 Å². The predicted molar refractivity (Wildman–Crippen MR) is 79.4 cm³/mol. The van der Waals surface area contributed by atoms with Gasteiger partial charge in [-0.05, 0) is 24.3 Å². The van der Waals surface area contributed by atoms with E-state index < -0.39 is 5.82 Å². The maximum absolute atomic E-state index is 13.8. The summed E-state index contributed by atoms with van der Waals surface area (Å²) in [6.45, 7) is 0. The number of nitrogens with zero attached hydrogens (tertiary/aromatic N) is 2. The summed E-state index contributed by atoms with van der Waals surface area (Å²) < 4.78 is 15.2. The van der Waals surface area contributed by atoms with Crippen molar-refractivity contribution in [2.45, 2.75) is 0 Å². The lowest BCUT2D eigenvalue weighted by molar-refractivity contribution is 0.112. The van der Waals surface area contributed by atoms with Crippen LogP contribution in [0.2, 0.25) is 5.02 Å². The number of hydrogen-bond donors (Lipinski definition) is 0. The lowest BCUT2D eigenvalue weighted by Crippen LogP contribution is -1.97. The number of benzene rings is 2. The molecule has 0 aliphatic rings. The van der Waals surface area contributed by atoms with E-state index in [0.717, 1.165) is 0 Å². The molecule has 0 saturated carbocycles. The highest BCUT2D eigenvalue weighted by Gasteiger charge is 2.13. The van der Waals surface area contributed by atoms with E-state index in [4.69, 9.17) is 11.6 Å². The number of carbonyl (C=O) groups excluding carboxylic acids is 1. The molecule has 3 rings (SSSR count). The number of aldehydes is 1. The molecular formula is C16H10ClFN2O. The molecule has 0 aliphatic carbocycles. The molecule has 0 N–H and O–H groups in total. The molecule has 3 nitrogen and oxygen atoms in total. The molecule has 0 unspecified atom stereocenters. The first-order chi connectivity index (χ1) is 10.2. The van der Waals surface area contributed by atoms with Crippen LogP contribution >= 0.6 is 11.6 Å². The fraction of sp³-hybridized carbons (Fsp3) is 0. The third-order valence-electron chi connectivity index (χ3n) is 3.07. The summed E-state index contributed by atoms with van der Waals surface area (Å²) >= 11 is 5.96. The van der Waals surface area contributed by atoms with Gasteiger partial charge >= 0.3 is 0 Å². The molecule has 0 radical (unpaired) electrons. The minimum Gasteiger partial charge on any atom is -0.298 e. The van der Waals surface area contributed by atoms with E-state index in [9.17, 15) is 9.18 Å². The Bertz CT molecular complexity index is 814. The predicted octanol–water partition coefficient (Wildman–Crippen LogP) is 4.14. The average Bonchev–Trinajstić information content (AvgIpc) is 2.92. The minimum atomic E-state index is -0.407. The molecule has 5 heteroatoms. The molecule has 0 fully saturated rings. The second-order valence-electron chi connectivity index (χ2n) is 4.46. The first kappa shape index (κ1) is 13.5. The van der Waals surface area contributed by atoms with Gasteiger partial charge in [0.2, 0.25) is 0 Å². The fourth-order valence-corrected chi connectivity index (χ4v) is 2.28. The van der Waals surface area contributed by atoms with Crippen molar-refractivity contribution in [3.05, 3.63) is 71.1 Å². The molecule has 2 aromatic carbocycles. The van der Waals surface area contributed by atoms with Crippen LogP contribution in [-0.4, -0.2) is 16.1 Å². The van der Waals surface area contributed by atoms with E-state index in [2.05, 4.69) is 5.10 Å². The smallest absolute Gasteiger partial charge is 0.153 e. The number of para-hydroxylation sites is 1. The van der Waals surface area contributed by atoms with Gasteiger partial charge in [0.1, 0.15) is 17.2 Å². The van der Waals surface area contributed by atoms with Crippen molar-refractivity contribution in [2.75, 3.05) is 0 Å². The summed E-state index contributed by atoms with van der Waals surface area (Å²) in [6.07, 6.45) is 2.20. The Morgan fingerprint density at radius 3 is 2.67 bits per heavy atom. The Morgan fingerprint density at radius 2 is 1.95 bits per heavy atom. The summed E-state index contributed by atoms with van der Waals surface area (Å²) in [5.74, 6) is -0.407. The number of carbonyl (C=O) groups is 1. The van der Waals surface area contributed by atoms with Crippen molar-refractivity contribution in [3.8, 4) is 16.9 Å². The molecule has 0 saturated heterocycles. The Labute approximate surface area is 125 Å². The first-order valence-corrected chi connectivity index (χ1v) is 6.62. The number of halogens is 2. The molecule has 1 aromatic heterocycles. The van der Waals surface area contributed by atoms with Crippen LogP contribution in [0.1, 0.15) is 10.4 Å². The van der Waals surface area contributed by atoms with E-state index in [0.29, 0.717) is 28.1 Å². The van der Waals surface area contributed by atoms with Gasteiger partial charge in [-0.15, -0.1) is 0 Å². The van der Waals surface area contributed by atoms with E-state index >= 15 is 0 Å². The summed E-state index contributed by atoms with van der Waals surface area (Å²) in [6, 6.07) is 13.3. The summed E-state index contributed by atoms with van der Waals surface area (Å²) in [5.41, 5.74) is 1.84. The fourth-order valence-electron chi connectivity index (χ4n) is 2.09. The molecule has 3 aromatic rings. The second-order valence-corrected chi connectivity index (χ2v) is 4.89.